The first-order valence-electron chi connectivity index (χ1n) is 8.82. The molecule has 0 saturated carbocycles. The molecule has 0 amide bonds. The van der Waals surface area contributed by atoms with E-state index < -0.39 is 0 Å². The molecule has 27 heavy (non-hydrogen) atoms. The number of hydrogen-bond acceptors (Lipinski definition) is 3. The quantitative estimate of drug-likeness (QED) is 0.347. The SMILES string of the molecule is CSc1nn2c(C)cc(C)cc2c1C(=O)c1ccc(-c2ccccc2)cc1. The van der Waals surface area contributed by atoms with Gasteiger partial charge in [0.15, 0.2) is 5.78 Å². The highest BCUT2D eigenvalue weighted by atomic mass is 32.2. The summed E-state index contributed by atoms with van der Waals surface area (Å²) in [6.07, 6.45) is 1.96. The van der Waals surface area contributed by atoms with Gasteiger partial charge in [-0.1, -0.05) is 54.6 Å². The smallest absolute Gasteiger partial charge is 0.197 e. The summed E-state index contributed by atoms with van der Waals surface area (Å²) in [4.78, 5) is 13.3. The fraction of sp³-hybridized carbons (Fsp3) is 0.130. The average molecular weight is 372 g/mol. The van der Waals surface area contributed by atoms with Crippen molar-refractivity contribution < 1.29 is 4.79 Å². The number of aryl methyl sites for hydroxylation is 2. The molecule has 0 atom stereocenters. The van der Waals surface area contributed by atoms with Crippen molar-refractivity contribution in [2.75, 3.05) is 6.26 Å². The van der Waals surface area contributed by atoms with Gasteiger partial charge in [0.25, 0.3) is 0 Å². The summed E-state index contributed by atoms with van der Waals surface area (Å²) in [5.74, 6) is 0.0129. The lowest BCUT2D eigenvalue weighted by Gasteiger charge is -2.06. The molecule has 0 spiro atoms. The largest absolute Gasteiger partial charge is 0.288 e. The Kier molecular flexibility index (Phi) is 4.58. The maximum Gasteiger partial charge on any atom is 0.197 e. The van der Waals surface area contributed by atoms with E-state index in [0.29, 0.717) is 11.1 Å². The summed E-state index contributed by atoms with van der Waals surface area (Å²) in [6.45, 7) is 4.06. The number of ketones is 1. The van der Waals surface area contributed by atoms with Gasteiger partial charge in [-0.2, -0.15) is 5.10 Å². The number of benzene rings is 2. The van der Waals surface area contributed by atoms with Crippen LogP contribution in [0.5, 0.6) is 0 Å². The molecule has 4 aromatic rings. The van der Waals surface area contributed by atoms with Crippen LogP contribution >= 0.6 is 11.8 Å². The molecule has 2 aromatic heterocycles. The molecule has 0 aliphatic heterocycles. The van der Waals surface area contributed by atoms with Gasteiger partial charge in [0.2, 0.25) is 0 Å². The van der Waals surface area contributed by atoms with E-state index in [2.05, 4.69) is 23.3 Å². The van der Waals surface area contributed by atoms with E-state index in [0.717, 1.165) is 32.9 Å². The average Bonchev–Trinajstić information content (AvgIpc) is 3.07. The first-order chi connectivity index (χ1) is 13.1. The Bertz CT molecular complexity index is 1130. The molecule has 3 nitrogen and oxygen atoms in total. The fourth-order valence-electron chi connectivity index (χ4n) is 3.41. The lowest BCUT2D eigenvalue weighted by atomic mass is 9.99. The van der Waals surface area contributed by atoms with E-state index in [9.17, 15) is 4.79 Å². The first-order valence-corrected chi connectivity index (χ1v) is 10.0. The minimum Gasteiger partial charge on any atom is -0.288 e. The summed E-state index contributed by atoms with van der Waals surface area (Å²) in [5, 5.41) is 5.41. The fourth-order valence-corrected chi connectivity index (χ4v) is 3.97. The highest BCUT2D eigenvalue weighted by molar-refractivity contribution is 7.98. The standard InChI is InChI=1S/C23H20N2OS/c1-15-13-16(2)25-20(14-15)21(23(24-25)27-3)22(26)19-11-9-18(10-12-19)17-7-5-4-6-8-17/h4-14H,1-3H3. The highest BCUT2D eigenvalue weighted by Crippen LogP contribution is 2.29. The number of carbonyl (C=O) groups excluding carboxylic acids is 1. The third-order valence-corrected chi connectivity index (χ3v) is 5.37. The predicted octanol–water partition coefficient (Wildman–Crippen LogP) is 5.57. The van der Waals surface area contributed by atoms with Crippen LogP contribution in [-0.2, 0) is 0 Å². The monoisotopic (exact) mass is 372 g/mol. The molecule has 4 heteroatoms. The molecule has 0 aliphatic rings. The molecule has 0 radical (unpaired) electrons. The van der Waals surface area contributed by atoms with Crippen molar-refractivity contribution in [2.45, 2.75) is 18.9 Å². The van der Waals surface area contributed by atoms with Crippen molar-refractivity contribution in [1.82, 2.24) is 9.61 Å². The van der Waals surface area contributed by atoms with Crippen molar-refractivity contribution in [1.29, 1.82) is 0 Å². The van der Waals surface area contributed by atoms with Crippen molar-refractivity contribution in [3.8, 4) is 11.1 Å². The minimum absolute atomic E-state index is 0.0129. The lowest BCUT2D eigenvalue weighted by Crippen LogP contribution is -2.03. The Hall–Kier alpha value is -2.85. The second-order valence-corrected chi connectivity index (χ2v) is 7.42. The second kappa shape index (κ2) is 7.05. The van der Waals surface area contributed by atoms with Gasteiger partial charge in [0, 0.05) is 11.3 Å². The van der Waals surface area contributed by atoms with E-state index in [1.807, 2.05) is 73.1 Å². The molecule has 0 aliphatic carbocycles. The summed E-state index contributed by atoms with van der Waals surface area (Å²) in [7, 11) is 0. The van der Waals surface area contributed by atoms with Crippen LogP contribution in [0.3, 0.4) is 0 Å². The van der Waals surface area contributed by atoms with Gasteiger partial charge in [0.05, 0.1) is 11.1 Å². The van der Waals surface area contributed by atoms with Crippen molar-refractivity contribution in [3.05, 3.63) is 89.1 Å². The Morgan fingerprint density at radius 3 is 2.26 bits per heavy atom. The zero-order chi connectivity index (χ0) is 19.0. The predicted molar refractivity (Wildman–Crippen MR) is 112 cm³/mol. The molecule has 2 aromatic carbocycles. The maximum atomic E-state index is 13.3. The third kappa shape index (κ3) is 3.17. The normalized spacial score (nSPS) is 11.1. The van der Waals surface area contributed by atoms with Gasteiger partial charge in [-0.05, 0) is 48.9 Å². The number of hydrogen-bond donors (Lipinski definition) is 0. The van der Waals surface area contributed by atoms with Crippen LogP contribution in [-0.4, -0.2) is 21.7 Å². The molecule has 0 saturated heterocycles. The second-order valence-electron chi connectivity index (χ2n) is 6.63. The molecule has 2 heterocycles. The molecule has 0 N–H and O–H groups in total. The molecule has 0 fully saturated rings. The Morgan fingerprint density at radius 1 is 0.926 bits per heavy atom. The number of thioether (sulfide) groups is 1. The summed E-state index contributed by atoms with van der Waals surface area (Å²) in [5.41, 5.74) is 6.63. The number of fused-ring (bicyclic) bond motifs is 1. The van der Waals surface area contributed by atoms with Crippen LogP contribution in [0.25, 0.3) is 16.6 Å². The summed E-state index contributed by atoms with van der Waals surface area (Å²) < 4.78 is 1.87. The van der Waals surface area contributed by atoms with Crippen LogP contribution in [0.4, 0.5) is 0 Å². The van der Waals surface area contributed by atoms with E-state index >= 15 is 0 Å². The van der Waals surface area contributed by atoms with Gasteiger partial charge in [-0.25, -0.2) is 4.52 Å². The number of carbonyl (C=O) groups is 1. The Morgan fingerprint density at radius 2 is 1.59 bits per heavy atom. The minimum atomic E-state index is 0.0129. The summed E-state index contributed by atoms with van der Waals surface area (Å²) >= 11 is 1.51. The van der Waals surface area contributed by atoms with Gasteiger partial charge in [-0.15, -0.1) is 11.8 Å². The van der Waals surface area contributed by atoms with Gasteiger partial charge in [0.1, 0.15) is 5.03 Å². The van der Waals surface area contributed by atoms with Crippen LogP contribution in [0.15, 0.2) is 71.8 Å². The number of nitrogens with zero attached hydrogens (tertiary/aromatic N) is 2. The van der Waals surface area contributed by atoms with Crippen LogP contribution < -0.4 is 0 Å². The van der Waals surface area contributed by atoms with Crippen LogP contribution in [0, 0.1) is 13.8 Å². The lowest BCUT2D eigenvalue weighted by molar-refractivity contribution is 0.103. The Labute approximate surface area is 163 Å². The van der Waals surface area contributed by atoms with E-state index in [1.54, 1.807) is 0 Å². The van der Waals surface area contributed by atoms with E-state index in [4.69, 9.17) is 0 Å². The van der Waals surface area contributed by atoms with E-state index in [-0.39, 0.29) is 5.78 Å². The van der Waals surface area contributed by atoms with E-state index in [1.165, 1.54) is 11.8 Å². The molecule has 0 bridgehead atoms. The molecule has 4 rings (SSSR count). The third-order valence-electron chi connectivity index (χ3n) is 4.70. The molecular formula is C23H20N2OS. The molecule has 0 unspecified atom stereocenters. The van der Waals surface area contributed by atoms with Crippen LogP contribution in [0.1, 0.15) is 27.2 Å². The first kappa shape index (κ1) is 17.6. The number of aromatic nitrogens is 2. The molecular weight excluding hydrogens is 352 g/mol. The van der Waals surface area contributed by atoms with Crippen molar-refractivity contribution in [3.63, 3.8) is 0 Å². The maximum absolute atomic E-state index is 13.3. The van der Waals surface area contributed by atoms with Gasteiger partial charge < -0.3 is 0 Å². The highest BCUT2D eigenvalue weighted by Gasteiger charge is 2.21. The summed E-state index contributed by atoms with van der Waals surface area (Å²) in [6, 6.07) is 22.1. The topological polar surface area (TPSA) is 34.4 Å². The Balaban J connectivity index is 1.79. The van der Waals surface area contributed by atoms with Crippen molar-refractivity contribution in [2.24, 2.45) is 0 Å². The number of rotatable bonds is 4. The zero-order valence-corrected chi connectivity index (χ0v) is 16.4. The number of pyridine rings is 1. The van der Waals surface area contributed by atoms with Crippen molar-refractivity contribution >= 4 is 23.1 Å². The van der Waals surface area contributed by atoms with Gasteiger partial charge >= 0.3 is 0 Å². The van der Waals surface area contributed by atoms with Gasteiger partial charge in [-0.3, -0.25) is 4.79 Å². The zero-order valence-electron chi connectivity index (χ0n) is 15.6. The molecule has 134 valence electrons. The van der Waals surface area contributed by atoms with Crippen LogP contribution in [0.2, 0.25) is 0 Å².